The minimum Gasteiger partial charge on any atom is -0.462 e. The highest BCUT2D eigenvalue weighted by Gasteiger charge is 2.60. The summed E-state index contributed by atoms with van der Waals surface area (Å²) >= 11 is 0. The van der Waals surface area contributed by atoms with E-state index in [1.54, 1.807) is 24.3 Å². The summed E-state index contributed by atoms with van der Waals surface area (Å²) in [7, 11) is 0. The van der Waals surface area contributed by atoms with E-state index in [4.69, 9.17) is 10.5 Å². The van der Waals surface area contributed by atoms with E-state index < -0.39 is 0 Å². The van der Waals surface area contributed by atoms with Crippen LogP contribution in [0.2, 0.25) is 0 Å². The van der Waals surface area contributed by atoms with Gasteiger partial charge in [0.05, 0.1) is 12.2 Å². The molecule has 1 aromatic rings. The zero-order chi connectivity index (χ0) is 15.3. The molecule has 2 fully saturated rings. The molecule has 3 atom stereocenters. The number of hydrogen-bond donors (Lipinski definition) is 1. The molecule has 2 saturated carbocycles. The molecule has 0 radical (unpaired) electrons. The van der Waals surface area contributed by atoms with Crippen molar-refractivity contribution >= 4 is 11.7 Å². The molecule has 2 N–H and O–H groups in total. The number of anilines is 1. The van der Waals surface area contributed by atoms with Gasteiger partial charge < -0.3 is 10.5 Å². The lowest BCUT2D eigenvalue weighted by Gasteiger charge is -2.34. The van der Waals surface area contributed by atoms with Crippen molar-refractivity contribution in [3.63, 3.8) is 0 Å². The molecular weight excluding hydrogens is 262 g/mol. The maximum absolute atomic E-state index is 12.1. The summed E-state index contributed by atoms with van der Waals surface area (Å²) in [5, 5.41) is 0. The Morgan fingerprint density at radius 1 is 1.29 bits per heavy atom. The maximum atomic E-state index is 12.1. The minimum atomic E-state index is -0.235. The third-order valence-corrected chi connectivity index (χ3v) is 6.35. The second kappa shape index (κ2) is 4.75. The van der Waals surface area contributed by atoms with Gasteiger partial charge in [0.15, 0.2) is 0 Å². The molecule has 0 spiro atoms. The van der Waals surface area contributed by atoms with E-state index in [9.17, 15) is 4.79 Å². The van der Waals surface area contributed by atoms with Crippen LogP contribution in [0.15, 0.2) is 24.3 Å². The highest BCUT2D eigenvalue weighted by Crippen LogP contribution is 2.67. The largest absolute Gasteiger partial charge is 0.462 e. The zero-order valence-corrected chi connectivity index (χ0v) is 13.2. The number of carbonyl (C=O) groups excluding carboxylic acids is 1. The van der Waals surface area contributed by atoms with E-state index in [-0.39, 0.29) is 5.97 Å². The number of ether oxygens (including phenoxy) is 1. The minimum absolute atomic E-state index is 0.235. The molecule has 2 bridgehead atoms. The fraction of sp³-hybridized carbons (Fsp3) is 0.611. The van der Waals surface area contributed by atoms with Gasteiger partial charge in [0, 0.05) is 5.69 Å². The average Bonchev–Trinajstić information content (AvgIpc) is 2.78. The van der Waals surface area contributed by atoms with Gasteiger partial charge in [-0.3, -0.25) is 0 Å². The first kappa shape index (κ1) is 14.4. The van der Waals surface area contributed by atoms with Crippen molar-refractivity contribution in [3.8, 4) is 0 Å². The molecule has 2 aliphatic rings. The molecule has 3 heteroatoms. The molecule has 2 aliphatic carbocycles. The Bertz CT molecular complexity index is 546. The predicted octanol–water partition coefficient (Wildman–Crippen LogP) is 3.89. The first-order chi connectivity index (χ1) is 9.83. The van der Waals surface area contributed by atoms with Crippen LogP contribution in [0.3, 0.4) is 0 Å². The number of fused-ring (bicyclic) bond motifs is 2. The lowest BCUT2D eigenvalue weighted by molar-refractivity contribution is 0.0374. The maximum Gasteiger partial charge on any atom is 0.338 e. The topological polar surface area (TPSA) is 52.3 Å². The third-order valence-electron chi connectivity index (χ3n) is 6.35. The molecule has 3 rings (SSSR count). The summed E-state index contributed by atoms with van der Waals surface area (Å²) in [5.74, 6) is 0.957. The quantitative estimate of drug-likeness (QED) is 0.678. The van der Waals surface area contributed by atoms with Gasteiger partial charge in [0.2, 0.25) is 0 Å². The van der Waals surface area contributed by atoms with Crippen molar-refractivity contribution in [3.05, 3.63) is 29.8 Å². The predicted molar refractivity (Wildman–Crippen MR) is 83.9 cm³/mol. The van der Waals surface area contributed by atoms with Gasteiger partial charge >= 0.3 is 5.97 Å². The molecule has 3 nitrogen and oxygen atoms in total. The summed E-state index contributed by atoms with van der Waals surface area (Å²) in [6.45, 7) is 7.71. The number of nitrogens with two attached hydrogens (primary N) is 1. The molecule has 0 amide bonds. The molecule has 0 aromatic heterocycles. The summed E-state index contributed by atoms with van der Waals surface area (Å²) in [4.78, 5) is 12.1. The highest BCUT2D eigenvalue weighted by molar-refractivity contribution is 5.89. The standard InChI is InChI=1S/C18H25NO2/c1-17(2)15-8-9-18(17,3)10-13(15)11-21-16(20)12-4-6-14(19)7-5-12/h4-7,13,15H,8-11,19H2,1-3H3/t13-,15-,18-/m1/s1. The Labute approximate surface area is 126 Å². The molecule has 21 heavy (non-hydrogen) atoms. The van der Waals surface area contributed by atoms with Crippen molar-refractivity contribution in [2.45, 2.75) is 40.0 Å². The molecule has 0 saturated heterocycles. The third kappa shape index (κ3) is 2.23. The average molecular weight is 287 g/mol. The van der Waals surface area contributed by atoms with Gasteiger partial charge in [-0.25, -0.2) is 4.79 Å². The molecule has 1 aromatic carbocycles. The van der Waals surface area contributed by atoms with Gasteiger partial charge in [-0.15, -0.1) is 0 Å². The van der Waals surface area contributed by atoms with Crippen LogP contribution in [0.5, 0.6) is 0 Å². The van der Waals surface area contributed by atoms with Gasteiger partial charge in [-0.2, -0.15) is 0 Å². The molecule has 0 heterocycles. The summed E-state index contributed by atoms with van der Waals surface area (Å²) in [5.41, 5.74) is 7.66. The van der Waals surface area contributed by atoms with Gasteiger partial charge in [0.25, 0.3) is 0 Å². The summed E-state index contributed by atoms with van der Waals surface area (Å²) in [6.07, 6.45) is 3.76. The van der Waals surface area contributed by atoms with Crippen molar-refractivity contribution in [2.24, 2.45) is 22.7 Å². The molecular formula is C18H25NO2. The highest BCUT2D eigenvalue weighted by atomic mass is 16.5. The Kier molecular flexibility index (Phi) is 3.27. The van der Waals surface area contributed by atoms with Crippen LogP contribution in [0.4, 0.5) is 5.69 Å². The SMILES string of the molecule is CC1(C)[C@@H]2CC[C@]1(C)C[C@@H]2COC(=O)c1ccc(N)cc1. The van der Waals surface area contributed by atoms with Gasteiger partial charge in [-0.05, 0) is 66.2 Å². The fourth-order valence-electron chi connectivity index (χ4n) is 4.58. The van der Waals surface area contributed by atoms with E-state index in [1.807, 2.05) is 0 Å². The van der Waals surface area contributed by atoms with Gasteiger partial charge in [-0.1, -0.05) is 20.8 Å². The van der Waals surface area contributed by atoms with E-state index in [0.717, 1.165) is 0 Å². The van der Waals surface area contributed by atoms with Crippen LogP contribution in [0.1, 0.15) is 50.4 Å². The number of hydrogen-bond acceptors (Lipinski definition) is 3. The number of rotatable bonds is 3. The molecule has 114 valence electrons. The van der Waals surface area contributed by atoms with Crippen molar-refractivity contribution in [2.75, 3.05) is 12.3 Å². The number of nitrogen functional groups attached to an aromatic ring is 1. The molecule has 0 unspecified atom stereocenters. The van der Waals surface area contributed by atoms with Crippen LogP contribution >= 0.6 is 0 Å². The van der Waals surface area contributed by atoms with E-state index in [2.05, 4.69) is 20.8 Å². The first-order valence-electron chi connectivity index (χ1n) is 7.86. The van der Waals surface area contributed by atoms with Crippen molar-refractivity contribution in [1.29, 1.82) is 0 Å². The Morgan fingerprint density at radius 2 is 1.95 bits per heavy atom. The molecule has 0 aliphatic heterocycles. The number of esters is 1. The second-order valence-corrected chi connectivity index (χ2v) is 7.61. The smallest absolute Gasteiger partial charge is 0.338 e. The van der Waals surface area contributed by atoms with E-state index >= 15 is 0 Å². The van der Waals surface area contributed by atoms with E-state index in [0.29, 0.717) is 40.5 Å². The van der Waals surface area contributed by atoms with Crippen LogP contribution < -0.4 is 5.73 Å². The lowest BCUT2D eigenvalue weighted by Crippen LogP contribution is -2.26. The van der Waals surface area contributed by atoms with Crippen LogP contribution in [0, 0.1) is 22.7 Å². The zero-order valence-electron chi connectivity index (χ0n) is 13.2. The summed E-state index contributed by atoms with van der Waals surface area (Å²) in [6, 6.07) is 6.92. The van der Waals surface area contributed by atoms with Crippen molar-refractivity contribution in [1.82, 2.24) is 0 Å². The van der Waals surface area contributed by atoms with Crippen LogP contribution in [-0.4, -0.2) is 12.6 Å². The Morgan fingerprint density at radius 3 is 2.48 bits per heavy atom. The van der Waals surface area contributed by atoms with Gasteiger partial charge in [0.1, 0.15) is 0 Å². The Hall–Kier alpha value is -1.51. The Balaban J connectivity index is 1.62. The second-order valence-electron chi connectivity index (χ2n) is 7.61. The number of benzene rings is 1. The normalized spacial score (nSPS) is 33.1. The van der Waals surface area contributed by atoms with Crippen molar-refractivity contribution < 1.29 is 9.53 Å². The van der Waals surface area contributed by atoms with E-state index in [1.165, 1.54) is 19.3 Å². The lowest BCUT2D eigenvalue weighted by atomic mass is 9.71. The fourth-order valence-corrected chi connectivity index (χ4v) is 4.58. The first-order valence-corrected chi connectivity index (χ1v) is 7.86. The monoisotopic (exact) mass is 287 g/mol. The summed E-state index contributed by atoms with van der Waals surface area (Å²) < 4.78 is 5.56. The van der Waals surface area contributed by atoms with Crippen LogP contribution in [-0.2, 0) is 4.74 Å². The van der Waals surface area contributed by atoms with Crippen LogP contribution in [0.25, 0.3) is 0 Å². The number of carbonyl (C=O) groups is 1.